The van der Waals surface area contributed by atoms with E-state index in [1.165, 1.54) is 11.1 Å². The average molecular weight is 336 g/mol. The van der Waals surface area contributed by atoms with E-state index in [0.717, 1.165) is 19.3 Å². The predicted molar refractivity (Wildman–Crippen MR) is 85.1 cm³/mol. The molecule has 1 fully saturated rings. The number of carbonyl (C=O) groups is 2. The number of benzene rings is 1. The molecule has 0 spiro atoms. The number of fused-ring (bicyclic) bond motifs is 1. The summed E-state index contributed by atoms with van der Waals surface area (Å²) in [6.45, 7) is -0.281. The highest BCUT2D eigenvalue weighted by molar-refractivity contribution is 7.91. The molecule has 0 amide bonds. The smallest absolute Gasteiger partial charge is 0.306 e. The maximum atomic E-state index is 12.1. The Morgan fingerprint density at radius 3 is 2.70 bits per heavy atom. The Labute approximate surface area is 135 Å². The Hall–Kier alpha value is -1.69. The van der Waals surface area contributed by atoms with E-state index in [4.69, 9.17) is 4.74 Å². The summed E-state index contributed by atoms with van der Waals surface area (Å²) >= 11 is 0. The third-order valence-corrected chi connectivity index (χ3v) is 6.40. The van der Waals surface area contributed by atoms with Crippen LogP contribution >= 0.6 is 0 Å². The highest BCUT2D eigenvalue weighted by Crippen LogP contribution is 2.24. The van der Waals surface area contributed by atoms with Gasteiger partial charge in [-0.1, -0.05) is 12.1 Å². The molecule has 1 aliphatic heterocycles. The van der Waals surface area contributed by atoms with Crippen LogP contribution in [-0.2, 0) is 32.2 Å². The number of Topliss-reactive ketones (excluding diaryl/α,β-unsaturated/α-hetero) is 1. The van der Waals surface area contributed by atoms with E-state index in [0.29, 0.717) is 12.0 Å². The first-order valence-electron chi connectivity index (χ1n) is 7.94. The summed E-state index contributed by atoms with van der Waals surface area (Å²) in [5.41, 5.74) is 3.07. The normalized spacial score (nSPS) is 21.8. The third-order valence-electron chi connectivity index (χ3n) is 4.57. The number of hydrogen-bond donors (Lipinski definition) is 0. The maximum Gasteiger partial charge on any atom is 0.306 e. The van der Waals surface area contributed by atoms with Gasteiger partial charge in [-0.15, -0.1) is 0 Å². The maximum absolute atomic E-state index is 12.1. The van der Waals surface area contributed by atoms with Gasteiger partial charge in [-0.3, -0.25) is 9.59 Å². The summed E-state index contributed by atoms with van der Waals surface area (Å²) in [6.07, 6.45) is 3.73. The second-order valence-corrected chi connectivity index (χ2v) is 8.62. The van der Waals surface area contributed by atoms with Crippen LogP contribution in [0.25, 0.3) is 0 Å². The van der Waals surface area contributed by atoms with Gasteiger partial charge in [0.2, 0.25) is 0 Å². The molecule has 0 saturated carbocycles. The molecule has 1 aromatic carbocycles. The fourth-order valence-corrected chi connectivity index (χ4v) is 5.16. The lowest BCUT2D eigenvalue weighted by atomic mass is 10.0. The second kappa shape index (κ2) is 6.43. The van der Waals surface area contributed by atoms with Crippen LogP contribution in [0, 0.1) is 5.92 Å². The number of ether oxygens (including phenoxy) is 1. The minimum atomic E-state index is -3.00. The molecule has 0 aromatic heterocycles. The first-order chi connectivity index (χ1) is 10.9. The van der Waals surface area contributed by atoms with Crippen LogP contribution in [0.5, 0.6) is 0 Å². The second-order valence-electron chi connectivity index (χ2n) is 6.39. The average Bonchev–Trinajstić information content (AvgIpc) is 3.10. The van der Waals surface area contributed by atoms with Crippen molar-refractivity contribution in [2.45, 2.75) is 32.1 Å². The van der Waals surface area contributed by atoms with Gasteiger partial charge in [0.1, 0.15) is 0 Å². The van der Waals surface area contributed by atoms with Gasteiger partial charge in [-0.05, 0) is 48.8 Å². The summed E-state index contributed by atoms with van der Waals surface area (Å²) in [4.78, 5) is 23.9. The van der Waals surface area contributed by atoms with Gasteiger partial charge in [0.05, 0.1) is 11.5 Å². The number of rotatable bonds is 5. The first kappa shape index (κ1) is 16.2. The summed E-state index contributed by atoms with van der Waals surface area (Å²) < 4.78 is 27.7. The van der Waals surface area contributed by atoms with Crippen molar-refractivity contribution < 1.29 is 22.7 Å². The molecule has 1 aliphatic carbocycles. The number of esters is 1. The fraction of sp³-hybridized carbons (Fsp3) is 0.529. The van der Waals surface area contributed by atoms with Crippen LogP contribution in [0.3, 0.4) is 0 Å². The molecule has 1 atom stereocenters. The van der Waals surface area contributed by atoms with Gasteiger partial charge in [-0.25, -0.2) is 8.42 Å². The molecule has 6 heteroatoms. The molecule has 124 valence electrons. The molecule has 1 saturated heterocycles. The van der Waals surface area contributed by atoms with Gasteiger partial charge >= 0.3 is 5.97 Å². The molecule has 0 radical (unpaired) electrons. The van der Waals surface area contributed by atoms with Crippen molar-refractivity contribution in [3.8, 4) is 0 Å². The minimum Gasteiger partial charge on any atom is -0.457 e. The predicted octanol–water partition coefficient (Wildman–Crippen LogP) is 1.73. The molecule has 23 heavy (non-hydrogen) atoms. The minimum absolute atomic E-state index is 0.0425. The largest absolute Gasteiger partial charge is 0.457 e. The number of hydrogen-bond acceptors (Lipinski definition) is 5. The van der Waals surface area contributed by atoms with E-state index in [2.05, 4.69) is 0 Å². The number of sulfone groups is 1. The zero-order valence-electron chi connectivity index (χ0n) is 12.9. The van der Waals surface area contributed by atoms with Crippen molar-refractivity contribution in [1.29, 1.82) is 0 Å². The molecule has 0 unspecified atom stereocenters. The van der Waals surface area contributed by atoms with E-state index < -0.39 is 15.8 Å². The quantitative estimate of drug-likeness (QED) is 0.604. The van der Waals surface area contributed by atoms with Gasteiger partial charge in [0.15, 0.2) is 22.2 Å². The Bertz CT molecular complexity index is 735. The van der Waals surface area contributed by atoms with E-state index in [9.17, 15) is 18.0 Å². The Balaban J connectivity index is 1.50. The Kier molecular flexibility index (Phi) is 4.53. The lowest BCUT2D eigenvalue weighted by Gasteiger charge is -2.08. The van der Waals surface area contributed by atoms with Crippen molar-refractivity contribution >= 4 is 21.6 Å². The summed E-state index contributed by atoms with van der Waals surface area (Å²) in [5, 5.41) is 0. The van der Waals surface area contributed by atoms with Crippen LogP contribution in [0.4, 0.5) is 0 Å². The molecule has 3 rings (SSSR count). The van der Waals surface area contributed by atoms with Crippen molar-refractivity contribution in [3.63, 3.8) is 0 Å². The lowest BCUT2D eigenvalue weighted by molar-refractivity contribution is -0.143. The van der Waals surface area contributed by atoms with Crippen LogP contribution in [0.15, 0.2) is 18.2 Å². The molecule has 5 nitrogen and oxygen atoms in total. The number of aryl methyl sites for hydroxylation is 2. The molecule has 1 heterocycles. The fourth-order valence-electron chi connectivity index (χ4n) is 3.30. The lowest BCUT2D eigenvalue weighted by Crippen LogP contribution is -2.17. The van der Waals surface area contributed by atoms with Crippen LogP contribution in [0.2, 0.25) is 0 Å². The van der Waals surface area contributed by atoms with E-state index in [1.54, 1.807) is 6.07 Å². The Morgan fingerprint density at radius 2 is 1.96 bits per heavy atom. The topological polar surface area (TPSA) is 77.5 Å². The summed E-state index contributed by atoms with van der Waals surface area (Å²) in [7, 11) is -3.00. The van der Waals surface area contributed by atoms with Crippen LogP contribution in [0.1, 0.15) is 40.7 Å². The van der Waals surface area contributed by atoms with Crippen molar-refractivity contribution in [1.82, 2.24) is 0 Å². The van der Waals surface area contributed by atoms with E-state index in [1.807, 2.05) is 12.1 Å². The van der Waals surface area contributed by atoms with Gasteiger partial charge < -0.3 is 4.74 Å². The van der Waals surface area contributed by atoms with Crippen LogP contribution in [-0.4, -0.2) is 38.3 Å². The molecule has 2 aliphatic rings. The standard InChI is InChI=1S/C17H20O5S/c18-16(15-5-4-13-2-1-3-14(13)9-15)10-22-17(19)8-12-6-7-23(20,21)11-12/h4-5,9,12H,1-3,6-8,10-11H2/t12-/m0/s1. The molecular formula is C17H20O5S. The number of ketones is 1. The summed E-state index contributed by atoms with van der Waals surface area (Å²) in [6, 6.07) is 5.65. The Morgan fingerprint density at radius 1 is 1.17 bits per heavy atom. The number of carbonyl (C=O) groups excluding carboxylic acids is 2. The molecular weight excluding hydrogens is 316 g/mol. The highest BCUT2D eigenvalue weighted by atomic mass is 32.2. The van der Waals surface area contributed by atoms with Gasteiger partial charge in [-0.2, -0.15) is 0 Å². The molecule has 0 N–H and O–H groups in total. The SMILES string of the molecule is O=C(C[C@@H]1CCS(=O)(=O)C1)OCC(=O)c1ccc2c(c1)CCC2. The van der Waals surface area contributed by atoms with Crippen LogP contribution < -0.4 is 0 Å². The van der Waals surface area contributed by atoms with Crippen molar-refractivity contribution in [2.75, 3.05) is 18.1 Å². The van der Waals surface area contributed by atoms with Gasteiger partial charge in [0, 0.05) is 12.0 Å². The first-order valence-corrected chi connectivity index (χ1v) is 9.76. The zero-order chi connectivity index (χ0) is 16.4. The zero-order valence-corrected chi connectivity index (χ0v) is 13.7. The van der Waals surface area contributed by atoms with E-state index in [-0.39, 0.29) is 36.2 Å². The third kappa shape index (κ3) is 3.99. The monoisotopic (exact) mass is 336 g/mol. The van der Waals surface area contributed by atoms with Gasteiger partial charge in [0.25, 0.3) is 0 Å². The highest BCUT2D eigenvalue weighted by Gasteiger charge is 2.30. The van der Waals surface area contributed by atoms with E-state index >= 15 is 0 Å². The molecule has 1 aromatic rings. The summed E-state index contributed by atoms with van der Waals surface area (Å²) in [5.74, 6) is -0.712. The van der Waals surface area contributed by atoms with Crippen molar-refractivity contribution in [3.05, 3.63) is 34.9 Å². The molecule has 0 bridgehead atoms. The van der Waals surface area contributed by atoms with Crippen molar-refractivity contribution in [2.24, 2.45) is 5.92 Å².